The van der Waals surface area contributed by atoms with E-state index in [1.165, 1.54) is 29.7 Å². The molecule has 2 aromatic carbocycles. The van der Waals surface area contributed by atoms with Crippen LogP contribution in [0.3, 0.4) is 0 Å². The molecule has 7 heteroatoms. The third-order valence-corrected chi connectivity index (χ3v) is 4.11. The second-order valence-electron chi connectivity index (χ2n) is 4.72. The molecule has 0 N–H and O–H groups in total. The second kappa shape index (κ2) is 5.85. The third kappa shape index (κ3) is 2.70. The maximum atomic E-state index is 13.5. The predicted octanol–water partition coefficient (Wildman–Crippen LogP) is 4.85. The van der Waals surface area contributed by atoms with Crippen LogP contribution in [-0.2, 0) is 0 Å². The lowest BCUT2D eigenvalue weighted by Crippen LogP contribution is -1.98. The molecule has 0 saturated carbocycles. The molecule has 1 aromatic heterocycles. The molecule has 1 radical (unpaired) electrons. The van der Waals surface area contributed by atoms with Crippen LogP contribution >= 0.6 is 11.3 Å². The van der Waals surface area contributed by atoms with Crippen LogP contribution < -0.4 is 0 Å². The van der Waals surface area contributed by atoms with Crippen LogP contribution in [0.25, 0.3) is 21.7 Å². The lowest BCUT2D eigenvalue weighted by atomic mass is 9.96. The molecule has 1 heterocycles. The van der Waals surface area contributed by atoms with Gasteiger partial charge in [-0.3, -0.25) is 10.1 Å². The van der Waals surface area contributed by atoms with Gasteiger partial charge in [0.1, 0.15) is 5.01 Å². The van der Waals surface area contributed by atoms with E-state index < -0.39 is 16.6 Å². The van der Waals surface area contributed by atoms with Crippen molar-refractivity contribution < 1.29 is 13.7 Å². The van der Waals surface area contributed by atoms with Gasteiger partial charge in [-0.2, -0.15) is 0 Å². The number of hydrogen-bond donors (Lipinski definition) is 0. The smallest absolute Gasteiger partial charge is 0.258 e. The predicted molar refractivity (Wildman–Crippen MR) is 84.0 cm³/mol. The molecule has 0 aliphatic rings. The Hall–Kier alpha value is -2.67. The van der Waals surface area contributed by atoms with Crippen molar-refractivity contribution in [2.75, 3.05) is 0 Å². The zero-order valence-electron chi connectivity index (χ0n) is 11.6. The molecule has 0 atom stereocenters. The average Bonchev–Trinajstić information content (AvgIpc) is 3.03. The van der Waals surface area contributed by atoms with Gasteiger partial charge in [0.2, 0.25) is 0 Å². The van der Waals surface area contributed by atoms with Crippen LogP contribution in [0.2, 0.25) is 0 Å². The van der Waals surface area contributed by atoms with E-state index in [4.69, 9.17) is 0 Å². The lowest BCUT2D eigenvalue weighted by molar-refractivity contribution is -0.384. The number of nitrogens with zero attached hydrogens (tertiary/aromatic N) is 2. The molecule has 0 aliphatic carbocycles. The standard InChI is InChI=1S/C16H9F2N2O2S/c1-9-2-4-11(10-3-5-12(17)13(18)8-10)14(15(9)20(21)22)16-19-6-7-23-16/h2-8H,1H2. The highest BCUT2D eigenvalue weighted by molar-refractivity contribution is 7.13. The maximum Gasteiger partial charge on any atom is 0.283 e. The van der Waals surface area contributed by atoms with E-state index in [0.29, 0.717) is 16.1 Å². The number of halogens is 2. The number of hydrogen-bond acceptors (Lipinski definition) is 4. The van der Waals surface area contributed by atoms with E-state index in [1.54, 1.807) is 11.4 Å². The molecule has 0 spiro atoms. The van der Waals surface area contributed by atoms with E-state index in [9.17, 15) is 18.9 Å². The fourth-order valence-electron chi connectivity index (χ4n) is 2.31. The summed E-state index contributed by atoms with van der Waals surface area (Å²) in [4.78, 5) is 15.0. The van der Waals surface area contributed by atoms with Crippen LogP contribution in [0.5, 0.6) is 0 Å². The average molecular weight is 331 g/mol. The zero-order chi connectivity index (χ0) is 16.6. The van der Waals surface area contributed by atoms with Crippen LogP contribution in [0.15, 0.2) is 41.9 Å². The van der Waals surface area contributed by atoms with Crippen molar-refractivity contribution in [2.45, 2.75) is 0 Å². The molecule has 0 aliphatic heterocycles. The summed E-state index contributed by atoms with van der Waals surface area (Å²) in [5, 5.41) is 13.6. The summed E-state index contributed by atoms with van der Waals surface area (Å²) in [6.45, 7) is 3.68. The van der Waals surface area contributed by atoms with E-state index in [2.05, 4.69) is 11.9 Å². The molecule has 0 unspecified atom stereocenters. The Balaban J connectivity index is 2.35. The van der Waals surface area contributed by atoms with Gasteiger partial charge in [0.05, 0.1) is 10.5 Å². The first-order valence-electron chi connectivity index (χ1n) is 6.47. The number of nitro benzene ring substituents is 1. The second-order valence-corrected chi connectivity index (χ2v) is 5.61. The Morgan fingerprint density at radius 3 is 2.57 bits per heavy atom. The Kier molecular flexibility index (Phi) is 3.87. The van der Waals surface area contributed by atoms with E-state index in [0.717, 1.165) is 12.1 Å². The van der Waals surface area contributed by atoms with Crippen LogP contribution in [0.4, 0.5) is 14.5 Å². The normalized spacial score (nSPS) is 10.7. The van der Waals surface area contributed by atoms with Gasteiger partial charge in [0.25, 0.3) is 5.69 Å². The van der Waals surface area contributed by atoms with Gasteiger partial charge in [-0.05, 0) is 30.2 Å². The largest absolute Gasteiger partial charge is 0.283 e. The van der Waals surface area contributed by atoms with Gasteiger partial charge in [-0.15, -0.1) is 11.3 Å². The fraction of sp³-hybridized carbons (Fsp3) is 0. The molecule has 0 amide bonds. The minimum absolute atomic E-state index is 0.192. The molecule has 4 nitrogen and oxygen atoms in total. The molecular formula is C16H9F2N2O2S. The van der Waals surface area contributed by atoms with Crippen LogP contribution in [0, 0.1) is 28.7 Å². The summed E-state index contributed by atoms with van der Waals surface area (Å²) < 4.78 is 26.7. The Bertz CT molecular complexity index is 895. The topological polar surface area (TPSA) is 56.0 Å². The number of aromatic nitrogens is 1. The Morgan fingerprint density at radius 2 is 1.96 bits per heavy atom. The SMILES string of the molecule is [CH2]c1ccc(-c2ccc(F)c(F)c2)c(-c2nccs2)c1[N+](=O)[O-]. The number of nitro groups is 1. The first-order chi connectivity index (χ1) is 11.0. The maximum absolute atomic E-state index is 13.5. The summed E-state index contributed by atoms with van der Waals surface area (Å²) in [6.07, 6.45) is 1.52. The summed E-state index contributed by atoms with van der Waals surface area (Å²) in [7, 11) is 0. The lowest BCUT2D eigenvalue weighted by Gasteiger charge is -2.10. The molecule has 0 bridgehead atoms. The van der Waals surface area contributed by atoms with Crippen LogP contribution in [-0.4, -0.2) is 9.91 Å². The summed E-state index contributed by atoms with van der Waals surface area (Å²) in [5.41, 5.74) is 1.02. The monoisotopic (exact) mass is 331 g/mol. The molecule has 0 fully saturated rings. The number of rotatable bonds is 3. The molecule has 115 valence electrons. The first kappa shape index (κ1) is 15.2. The highest BCUT2D eigenvalue weighted by atomic mass is 32.1. The van der Waals surface area contributed by atoms with Crippen molar-refractivity contribution in [3.8, 4) is 21.7 Å². The van der Waals surface area contributed by atoms with Gasteiger partial charge in [-0.25, -0.2) is 13.8 Å². The molecular weight excluding hydrogens is 322 g/mol. The summed E-state index contributed by atoms with van der Waals surface area (Å²) in [6, 6.07) is 6.44. The molecule has 0 saturated heterocycles. The number of thiazole rings is 1. The van der Waals surface area contributed by atoms with E-state index in [-0.39, 0.29) is 16.8 Å². The summed E-state index contributed by atoms with van der Waals surface area (Å²) >= 11 is 1.22. The van der Waals surface area contributed by atoms with Gasteiger partial charge in [0.15, 0.2) is 11.6 Å². The first-order valence-corrected chi connectivity index (χ1v) is 7.35. The minimum Gasteiger partial charge on any atom is -0.258 e. The Morgan fingerprint density at radius 1 is 1.17 bits per heavy atom. The number of benzene rings is 2. The fourth-order valence-corrected chi connectivity index (χ4v) is 3.01. The van der Waals surface area contributed by atoms with Crippen LogP contribution in [0.1, 0.15) is 5.56 Å². The van der Waals surface area contributed by atoms with E-state index in [1.807, 2.05) is 0 Å². The van der Waals surface area contributed by atoms with Gasteiger partial charge < -0.3 is 0 Å². The zero-order valence-corrected chi connectivity index (χ0v) is 12.4. The molecule has 3 aromatic rings. The van der Waals surface area contributed by atoms with Crippen molar-refractivity contribution in [3.63, 3.8) is 0 Å². The quantitative estimate of drug-likeness (QED) is 0.509. The van der Waals surface area contributed by atoms with Crippen molar-refractivity contribution in [1.82, 2.24) is 4.98 Å². The highest BCUT2D eigenvalue weighted by Crippen LogP contribution is 2.41. The van der Waals surface area contributed by atoms with Crippen molar-refractivity contribution >= 4 is 17.0 Å². The third-order valence-electron chi connectivity index (χ3n) is 3.32. The van der Waals surface area contributed by atoms with Crippen molar-refractivity contribution in [2.24, 2.45) is 0 Å². The van der Waals surface area contributed by atoms with Crippen molar-refractivity contribution in [3.05, 3.63) is 76.1 Å². The van der Waals surface area contributed by atoms with Gasteiger partial charge in [-0.1, -0.05) is 18.2 Å². The van der Waals surface area contributed by atoms with Gasteiger partial charge >= 0.3 is 0 Å². The van der Waals surface area contributed by atoms with Gasteiger partial charge in [0, 0.05) is 17.1 Å². The Labute approximate surface area is 134 Å². The minimum atomic E-state index is -1.02. The highest BCUT2D eigenvalue weighted by Gasteiger charge is 2.25. The van der Waals surface area contributed by atoms with E-state index >= 15 is 0 Å². The molecule has 23 heavy (non-hydrogen) atoms. The summed E-state index contributed by atoms with van der Waals surface area (Å²) in [5.74, 6) is -2.00. The van der Waals surface area contributed by atoms with Crippen molar-refractivity contribution in [1.29, 1.82) is 0 Å². The molecule has 3 rings (SSSR count).